The minimum Gasteiger partial charge on any atom is -0.496 e. The van der Waals surface area contributed by atoms with Crippen molar-refractivity contribution in [3.05, 3.63) is 40.2 Å². The van der Waals surface area contributed by atoms with Crippen LogP contribution in [0.25, 0.3) is 0 Å². The number of para-hydroxylation sites is 1. The van der Waals surface area contributed by atoms with E-state index in [-0.39, 0.29) is 0 Å². The molecule has 1 aromatic carbocycles. The molecule has 0 aliphatic carbocycles. The molecular formula is C11H9IN2OS. The van der Waals surface area contributed by atoms with E-state index in [0.29, 0.717) is 0 Å². The Labute approximate surface area is 112 Å². The van der Waals surface area contributed by atoms with Gasteiger partial charge in [-0.25, -0.2) is 9.97 Å². The SMILES string of the molecule is COc1ccccc1Sc1ncc(I)cn1. The van der Waals surface area contributed by atoms with Crippen molar-refractivity contribution in [2.45, 2.75) is 10.1 Å². The molecule has 82 valence electrons. The first-order chi connectivity index (χ1) is 7.79. The predicted molar refractivity (Wildman–Crippen MR) is 71.9 cm³/mol. The van der Waals surface area contributed by atoms with Crippen LogP contribution in [0.5, 0.6) is 5.75 Å². The minimum absolute atomic E-state index is 0.727. The van der Waals surface area contributed by atoms with Gasteiger partial charge in [-0.1, -0.05) is 12.1 Å². The molecule has 0 fully saturated rings. The summed E-state index contributed by atoms with van der Waals surface area (Å²) in [6.07, 6.45) is 3.59. The summed E-state index contributed by atoms with van der Waals surface area (Å²) in [6.45, 7) is 0. The average molecular weight is 344 g/mol. The third kappa shape index (κ3) is 2.85. The van der Waals surface area contributed by atoms with Crippen molar-refractivity contribution in [1.29, 1.82) is 0 Å². The lowest BCUT2D eigenvalue weighted by Crippen LogP contribution is -1.89. The summed E-state index contributed by atoms with van der Waals surface area (Å²) in [4.78, 5) is 9.50. The number of nitrogens with zero attached hydrogens (tertiary/aromatic N) is 2. The second-order valence-corrected chi connectivity index (χ2v) is 5.19. The van der Waals surface area contributed by atoms with Crippen LogP contribution in [0.15, 0.2) is 46.7 Å². The molecule has 0 aliphatic rings. The number of aromatic nitrogens is 2. The van der Waals surface area contributed by atoms with Crippen molar-refractivity contribution in [1.82, 2.24) is 9.97 Å². The van der Waals surface area contributed by atoms with E-state index in [1.54, 1.807) is 19.5 Å². The molecule has 0 unspecified atom stereocenters. The van der Waals surface area contributed by atoms with Gasteiger partial charge in [0, 0.05) is 16.0 Å². The lowest BCUT2D eigenvalue weighted by Gasteiger charge is -2.05. The molecule has 0 N–H and O–H groups in total. The van der Waals surface area contributed by atoms with Crippen molar-refractivity contribution in [2.24, 2.45) is 0 Å². The monoisotopic (exact) mass is 344 g/mol. The van der Waals surface area contributed by atoms with Gasteiger partial charge in [-0.05, 0) is 46.5 Å². The quantitative estimate of drug-likeness (QED) is 0.633. The zero-order chi connectivity index (χ0) is 11.4. The molecule has 0 spiro atoms. The minimum atomic E-state index is 0.727. The molecule has 3 nitrogen and oxygen atoms in total. The second-order valence-electron chi connectivity index (χ2n) is 2.94. The fraction of sp³-hybridized carbons (Fsp3) is 0.0909. The molecule has 1 heterocycles. The number of rotatable bonds is 3. The summed E-state index contributed by atoms with van der Waals surface area (Å²) in [5, 5.41) is 0.727. The van der Waals surface area contributed by atoms with E-state index >= 15 is 0 Å². The van der Waals surface area contributed by atoms with Crippen LogP contribution in [0.3, 0.4) is 0 Å². The van der Waals surface area contributed by atoms with E-state index in [1.807, 2.05) is 24.3 Å². The highest BCUT2D eigenvalue weighted by Gasteiger charge is 2.05. The molecule has 1 aromatic heterocycles. The molecule has 0 bridgehead atoms. The molecule has 0 amide bonds. The van der Waals surface area contributed by atoms with E-state index in [9.17, 15) is 0 Å². The largest absolute Gasteiger partial charge is 0.496 e. The van der Waals surface area contributed by atoms with E-state index in [0.717, 1.165) is 19.4 Å². The number of ether oxygens (including phenoxy) is 1. The first-order valence-corrected chi connectivity index (χ1v) is 6.47. The summed E-state index contributed by atoms with van der Waals surface area (Å²) in [5.74, 6) is 0.842. The van der Waals surface area contributed by atoms with Crippen molar-refractivity contribution in [3.63, 3.8) is 0 Å². The van der Waals surface area contributed by atoms with Crippen molar-refractivity contribution in [3.8, 4) is 5.75 Å². The van der Waals surface area contributed by atoms with Crippen LogP contribution in [0, 0.1) is 3.57 Å². The van der Waals surface area contributed by atoms with Crippen LogP contribution >= 0.6 is 34.4 Å². The molecule has 0 saturated heterocycles. The third-order valence-corrected chi connectivity index (χ3v) is 3.37. The number of benzene rings is 1. The Hall–Kier alpha value is -0.820. The van der Waals surface area contributed by atoms with E-state index < -0.39 is 0 Å². The maximum atomic E-state index is 5.26. The van der Waals surface area contributed by atoms with E-state index in [2.05, 4.69) is 32.6 Å². The van der Waals surface area contributed by atoms with E-state index in [1.165, 1.54) is 11.8 Å². The highest BCUT2D eigenvalue weighted by Crippen LogP contribution is 2.32. The lowest BCUT2D eigenvalue weighted by molar-refractivity contribution is 0.405. The highest BCUT2D eigenvalue weighted by molar-refractivity contribution is 14.1. The first kappa shape index (κ1) is 11.7. The average Bonchev–Trinajstić information content (AvgIpc) is 2.33. The van der Waals surface area contributed by atoms with E-state index in [4.69, 9.17) is 4.74 Å². The Kier molecular flexibility index (Phi) is 4.00. The van der Waals surface area contributed by atoms with Crippen LogP contribution in [-0.2, 0) is 0 Å². The molecule has 0 radical (unpaired) electrons. The topological polar surface area (TPSA) is 35.0 Å². The van der Waals surface area contributed by atoms with Gasteiger partial charge in [0.25, 0.3) is 0 Å². The Balaban J connectivity index is 2.23. The van der Waals surface area contributed by atoms with Gasteiger partial charge in [0.05, 0.1) is 12.0 Å². The zero-order valence-corrected chi connectivity index (χ0v) is 11.5. The van der Waals surface area contributed by atoms with Crippen LogP contribution in [0.1, 0.15) is 0 Å². The molecule has 16 heavy (non-hydrogen) atoms. The van der Waals surface area contributed by atoms with Crippen LogP contribution < -0.4 is 4.74 Å². The second kappa shape index (κ2) is 5.49. The van der Waals surface area contributed by atoms with Gasteiger partial charge in [-0.15, -0.1) is 0 Å². The van der Waals surface area contributed by atoms with Gasteiger partial charge in [-0.2, -0.15) is 0 Å². The number of hydrogen-bond acceptors (Lipinski definition) is 4. The molecule has 5 heteroatoms. The van der Waals surface area contributed by atoms with Gasteiger partial charge in [0.2, 0.25) is 0 Å². The smallest absolute Gasteiger partial charge is 0.192 e. The van der Waals surface area contributed by atoms with Crippen molar-refractivity contribution >= 4 is 34.4 Å². The van der Waals surface area contributed by atoms with Crippen LogP contribution in [-0.4, -0.2) is 17.1 Å². The van der Waals surface area contributed by atoms with Gasteiger partial charge in [0.1, 0.15) is 5.75 Å². The number of hydrogen-bond donors (Lipinski definition) is 0. The molecule has 2 aromatic rings. The van der Waals surface area contributed by atoms with Crippen molar-refractivity contribution in [2.75, 3.05) is 7.11 Å². The normalized spacial score (nSPS) is 10.1. The summed E-state index contributed by atoms with van der Waals surface area (Å²) >= 11 is 3.68. The molecule has 2 rings (SSSR count). The standard InChI is InChI=1S/C11H9IN2OS/c1-15-9-4-2-3-5-10(9)16-11-13-6-8(12)7-14-11/h2-7H,1H3. The summed E-state index contributed by atoms with van der Waals surface area (Å²) in [5.41, 5.74) is 0. The third-order valence-electron chi connectivity index (χ3n) is 1.87. The maximum Gasteiger partial charge on any atom is 0.192 e. The molecule has 0 atom stereocenters. The van der Waals surface area contributed by atoms with Crippen LogP contribution in [0.4, 0.5) is 0 Å². The molecule has 0 aliphatic heterocycles. The first-order valence-electron chi connectivity index (χ1n) is 4.58. The fourth-order valence-electron chi connectivity index (χ4n) is 1.15. The number of halogens is 1. The van der Waals surface area contributed by atoms with Crippen molar-refractivity contribution < 1.29 is 4.74 Å². The zero-order valence-electron chi connectivity index (χ0n) is 8.55. The summed E-state index contributed by atoms with van der Waals surface area (Å²) in [7, 11) is 1.66. The summed E-state index contributed by atoms with van der Waals surface area (Å²) in [6, 6.07) is 7.83. The Morgan fingerprint density at radius 1 is 1.19 bits per heavy atom. The predicted octanol–water partition coefficient (Wildman–Crippen LogP) is 3.24. The van der Waals surface area contributed by atoms with Crippen LogP contribution in [0.2, 0.25) is 0 Å². The van der Waals surface area contributed by atoms with Gasteiger partial charge in [0.15, 0.2) is 5.16 Å². The maximum absolute atomic E-state index is 5.26. The fourth-order valence-corrected chi connectivity index (χ4v) is 2.24. The molecular weight excluding hydrogens is 335 g/mol. The van der Waals surface area contributed by atoms with Gasteiger partial charge >= 0.3 is 0 Å². The Morgan fingerprint density at radius 2 is 1.88 bits per heavy atom. The number of methoxy groups -OCH3 is 1. The lowest BCUT2D eigenvalue weighted by atomic mass is 10.3. The van der Waals surface area contributed by atoms with Gasteiger partial charge < -0.3 is 4.74 Å². The Morgan fingerprint density at radius 3 is 2.56 bits per heavy atom. The summed E-state index contributed by atoms with van der Waals surface area (Å²) < 4.78 is 6.29. The Bertz CT molecular complexity index is 476. The van der Waals surface area contributed by atoms with Gasteiger partial charge in [-0.3, -0.25) is 0 Å². The highest BCUT2D eigenvalue weighted by atomic mass is 127. The molecule has 0 saturated carbocycles.